The van der Waals surface area contributed by atoms with Gasteiger partial charge in [-0.1, -0.05) is 13.8 Å². The Morgan fingerprint density at radius 1 is 1.35 bits per heavy atom. The van der Waals surface area contributed by atoms with Crippen LogP contribution in [0.15, 0.2) is 4.99 Å². The fraction of sp³-hybridized carbons (Fsp3) is 0.846. The first kappa shape index (κ1) is 16.1. The largest absolute Gasteiger partial charge is 0.374 e. The maximum Gasteiger partial charge on any atom is 0.142 e. The molecule has 4 heteroatoms. The Morgan fingerprint density at radius 2 is 2.00 bits per heavy atom. The minimum Gasteiger partial charge on any atom is -0.374 e. The van der Waals surface area contributed by atoms with Gasteiger partial charge in [0, 0.05) is 19.0 Å². The van der Waals surface area contributed by atoms with Gasteiger partial charge in [-0.05, 0) is 34.0 Å². The molecule has 100 valence electrons. The molecule has 0 aliphatic rings. The second-order valence-corrected chi connectivity index (χ2v) is 4.81. The summed E-state index contributed by atoms with van der Waals surface area (Å²) in [6.45, 7) is 8.51. The van der Waals surface area contributed by atoms with Crippen molar-refractivity contribution in [1.82, 2.24) is 10.2 Å². The van der Waals surface area contributed by atoms with Gasteiger partial charge < -0.3 is 10.2 Å². The van der Waals surface area contributed by atoms with Gasteiger partial charge in [0.1, 0.15) is 11.6 Å². The number of carbonyl (C=O) groups excluding carboxylic acids is 1. The van der Waals surface area contributed by atoms with E-state index in [1.165, 1.54) is 0 Å². The van der Waals surface area contributed by atoms with Crippen molar-refractivity contribution < 1.29 is 4.79 Å². The zero-order valence-corrected chi connectivity index (χ0v) is 11.9. The Morgan fingerprint density at radius 3 is 2.47 bits per heavy atom. The van der Waals surface area contributed by atoms with E-state index < -0.39 is 0 Å². The highest BCUT2D eigenvalue weighted by atomic mass is 16.1. The molecule has 0 heterocycles. The van der Waals surface area contributed by atoms with Crippen molar-refractivity contribution in [2.45, 2.75) is 33.6 Å². The molecular weight excluding hydrogens is 214 g/mol. The molecule has 0 aromatic heterocycles. The number of ketones is 1. The molecule has 0 atom stereocenters. The van der Waals surface area contributed by atoms with Gasteiger partial charge in [-0.2, -0.15) is 0 Å². The maximum absolute atomic E-state index is 11.6. The van der Waals surface area contributed by atoms with Crippen LogP contribution in [0.5, 0.6) is 0 Å². The van der Waals surface area contributed by atoms with E-state index in [0.29, 0.717) is 6.42 Å². The van der Waals surface area contributed by atoms with E-state index in [1.807, 2.05) is 20.8 Å². The van der Waals surface area contributed by atoms with Crippen LogP contribution in [0.25, 0.3) is 0 Å². The van der Waals surface area contributed by atoms with E-state index in [4.69, 9.17) is 0 Å². The highest BCUT2D eigenvalue weighted by molar-refractivity contribution is 6.01. The molecule has 0 fully saturated rings. The summed E-state index contributed by atoms with van der Waals surface area (Å²) in [4.78, 5) is 18.2. The first-order valence-corrected chi connectivity index (χ1v) is 6.42. The van der Waals surface area contributed by atoms with Crippen molar-refractivity contribution in [2.75, 3.05) is 33.7 Å². The van der Waals surface area contributed by atoms with Gasteiger partial charge in [0.25, 0.3) is 0 Å². The van der Waals surface area contributed by atoms with Gasteiger partial charge in [0.15, 0.2) is 0 Å². The van der Waals surface area contributed by atoms with Crippen molar-refractivity contribution in [1.29, 1.82) is 0 Å². The number of nitrogens with one attached hydrogen (secondary N) is 1. The summed E-state index contributed by atoms with van der Waals surface area (Å²) in [6, 6.07) is 0. The first-order valence-electron chi connectivity index (χ1n) is 6.42. The highest BCUT2D eigenvalue weighted by Gasteiger charge is 2.10. The van der Waals surface area contributed by atoms with Crippen molar-refractivity contribution >= 4 is 11.6 Å². The summed E-state index contributed by atoms with van der Waals surface area (Å²) < 4.78 is 0. The van der Waals surface area contributed by atoms with Crippen LogP contribution in [0.4, 0.5) is 0 Å². The van der Waals surface area contributed by atoms with Crippen LogP contribution in [0.2, 0.25) is 0 Å². The zero-order chi connectivity index (χ0) is 13.3. The van der Waals surface area contributed by atoms with E-state index in [0.717, 1.165) is 31.9 Å². The molecule has 0 aliphatic heterocycles. The summed E-state index contributed by atoms with van der Waals surface area (Å²) in [5, 5.41) is 3.17. The topological polar surface area (TPSA) is 44.7 Å². The molecule has 0 bridgehead atoms. The number of carbonyl (C=O) groups is 1. The van der Waals surface area contributed by atoms with Gasteiger partial charge in [-0.25, -0.2) is 0 Å². The molecule has 0 saturated heterocycles. The van der Waals surface area contributed by atoms with E-state index in [1.54, 1.807) is 0 Å². The van der Waals surface area contributed by atoms with Crippen LogP contribution in [0, 0.1) is 5.92 Å². The third-order valence-electron chi connectivity index (χ3n) is 2.43. The summed E-state index contributed by atoms with van der Waals surface area (Å²) >= 11 is 0. The third kappa shape index (κ3) is 8.86. The van der Waals surface area contributed by atoms with E-state index in [9.17, 15) is 4.79 Å². The van der Waals surface area contributed by atoms with E-state index in [-0.39, 0.29) is 11.7 Å². The molecule has 1 N–H and O–H groups in total. The summed E-state index contributed by atoms with van der Waals surface area (Å²) in [7, 11) is 4.11. The monoisotopic (exact) mass is 241 g/mol. The van der Waals surface area contributed by atoms with Crippen molar-refractivity contribution in [3.8, 4) is 0 Å². The molecule has 17 heavy (non-hydrogen) atoms. The SMILES string of the molecule is CCN/C(CC(=O)C(C)C)=N/CCCN(C)C. The summed E-state index contributed by atoms with van der Waals surface area (Å²) in [5.41, 5.74) is 0. The lowest BCUT2D eigenvalue weighted by atomic mass is 10.1. The lowest BCUT2D eigenvalue weighted by molar-refractivity contribution is -0.120. The summed E-state index contributed by atoms with van der Waals surface area (Å²) in [5.74, 6) is 1.17. The molecule has 4 nitrogen and oxygen atoms in total. The first-order chi connectivity index (χ1) is 7.97. The minimum atomic E-state index is 0.0839. The number of amidine groups is 1. The van der Waals surface area contributed by atoms with Crippen molar-refractivity contribution in [3.63, 3.8) is 0 Å². The van der Waals surface area contributed by atoms with Crippen molar-refractivity contribution in [3.05, 3.63) is 0 Å². The van der Waals surface area contributed by atoms with Crippen molar-refractivity contribution in [2.24, 2.45) is 10.9 Å². The highest BCUT2D eigenvalue weighted by Crippen LogP contribution is 2.00. The molecule has 0 unspecified atom stereocenters. The smallest absolute Gasteiger partial charge is 0.142 e. The predicted molar refractivity (Wildman–Crippen MR) is 73.6 cm³/mol. The van der Waals surface area contributed by atoms with Gasteiger partial charge in [0.2, 0.25) is 0 Å². The molecule has 0 aromatic rings. The molecule has 0 rings (SSSR count). The standard InChI is InChI=1S/C13H27N3O/c1-6-14-13(10-12(17)11(2)3)15-8-7-9-16(4)5/h11H,6-10H2,1-5H3,(H,14,15). The third-order valence-corrected chi connectivity index (χ3v) is 2.43. The molecule has 0 saturated carbocycles. The van der Waals surface area contributed by atoms with Gasteiger partial charge in [0.05, 0.1) is 6.42 Å². The van der Waals surface area contributed by atoms with Crippen LogP contribution >= 0.6 is 0 Å². The minimum absolute atomic E-state index is 0.0839. The zero-order valence-electron chi connectivity index (χ0n) is 11.9. The summed E-state index contributed by atoms with van der Waals surface area (Å²) in [6.07, 6.45) is 1.46. The number of nitrogens with zero attached hydrogens (tertiary/aromatic N) is 2. The molecular formula is C13H27N3O. The Balaban J connectivity index is 4.12. The molecule has 0 aromatic carbocycles. The lowest BCUT2D eigenvalue weighted by Gasteiger charge is -2.10. The Bertz CT molecular complexity index is 247. The van der Waals surface area contributed by atoms with Crippen LogP contribution in [-0.2, 0) is 4.79 Å². The number of Topliss-reactive ketones (excluding diaryl/α,β-unsaturated/α-hetero) is 1. The quantitative estimate of drug-likeness (QED) is 0.398. The van der Waals surface area contributed by atoms with E-state index in [2.05, 4.69) is 29.3 Å². The Labute approximate surface area is 105 Å². The van der Waals surface area contributed by atoms with Crippen LogP contribution < -0.4 is 5.32 Å². The average molecular weight is 241 g/mol. The second-order valence-electron chi connectivity index (χ2n) is 4.81. The number of rotatable bonds is 8. The lowest BCUT2D eigenvalue weighted by Crippen LogP contribution is -2.27. The predicted octanol–water partition coefficient (Wildman–Crippen LogP) is 1.56. The maximum atomic E-state index is 11.6. The normalized spacial score (nSPS) is 12.3. The van der Waals surface area contributed by atoms with Gasteiger partial charge >= 0.3 is 0 Å². The van der Waals surface area contributed by atoms with Crippen LogP contribution in [-0.4, -0.2) is 50.2 Å². The fourth-order valence-electron chi connectivity index (χ4n) is 1.35. The average Bonchev–Trinajstić information content (AvgIpc) is 2.23. The second kappa shape index (κ2) is 9.16. The fourth-order valence-corrected chi connectivity index (χ4v) is 1.35. The molecule has 0 aliphatic carbocycles. The molecule has 0 spiro atoms. The van der Waals surface area contributed by atoms with Crippen LogP contribution in [0.3, 0.4) is 0 Å². The number of hydrogen-bond acceptors (Lipinski definition) is 3. The number of aliphatic imine (C=N–C) groups is 1. The number of hydrogen-bond donors (Lipinski definition) is 1. The Hall–Kier alpha value is -0.900. The van der Waals surface area contributed by atoms with Gasteiger partial charge in [-0.15, -0.1) is 0 Å². The molecule has 0 amide bonds. The Kier molecular flexibility index (Phi) is 8.68. The van der Waals surface area contributed by atoms with Gasteiger partial charge in [-0.3, -0.25) is 9.79 Å². The molecule has 0 radical (unpaired) electrons. The van der Waals surface area contributed by atoms with Crippen LogP contribution in [0.1, 0.15) is 33.6 Å². The van der Waals surface area contributed by atoms with E-state index >= 15 is 0 Å².